The topological polar surface area (TPSA) is 46.3 Å². The number of hydrogen-bond donors (Lipinski definition) is 1. The van der Waals surface area contributed by atoms with Crippen molar-refractivity contribution in [2.75, 3.05) is 19.6 Å². The van der Waals surface area contributed by atoms with Crippen LogP contribution in [0.1, 0.15) is 26.7 Å². The first-order valence-electron chi connectivity index (χ1n) is 5.27. The summed E-state index contributed by atoms with van der Waals surface area (Å²) < 4.78 is 0. The van der Waals surface area contributed by atoms with Crippen molar-refractivity contribution in [2.45, 2.75) is 26.7 Å². The monoisotopic (exact) mass is 196 g/mol. The molecular formula is C11H20N2O. The minimum absolute atomic E-state index is 0.0633. The molecular weight excluding hydrogens is 176 g/mol. The Morgan fingerprint density at radius 3 is 2.93 bits per heavy atom. The number of likely N-dealkylation sites (tertiary alicyclic amines) is 1. The highest BCUT2D eigenvalue weighted by Crippen LogP contribution is 2.16. The highest BCUT2D eigenvalue weighted by atomic mass is 16.1. The molecule has 1 aliphatic heterocycles. The van der Waals surface area contributed by atoms with Crippen molar-refractivity contribution < 1.29 is 4.79 Å². The van der Waals surface area contributed by atoms with Crippen molar-refractivity contribution in [2.24, 2.45) is 11.7 Å². The van der Waals surface area contributed by atoms with E-state index in [0.717, 1.165) is 32.5 Å². The summed E-state index contributed by atoms with van der Waals surface area (Å²) in [4.78, 5) is 13.3. The summed E-state index contributed by atoms with van der Waals surface area (Å²) in [6, 6.07) is 0. The molecule has 0 saturated carbocycles. The molecule has 1 heterocycles. The summed E-state index contributed by atoms with van der Waals surface area (Å²) in [5, 5.41) is 0. The van der Waals surface area contributed by atoms with Gasteiger partial charge in [0.25, 0.3) is 0 Å². The van der Waals surface area contributed by atoms with Gasteiger partial charge in [0.1, 0.15) is 0 Å². The number of carbonyl (C=O) groups is 1. The molecule has 3 nitrogen and oxygen atoms in total. The first kappa shape index (κ1) is 11.2. The van der Waals surface area contributed by atoms with Crippen LogP contribution in [0, 0.1) is 5.92 Å². The molecule has 0 bridgehead atoms. The van der Waals surface area contributed by atoms with Crippen LogP contribution in [0.5, 0.6) is 0 Å². The molecule has 0 aromatic heterocycles. The second-order valence-electron chi connectivity index (χ2n) is 4.11. The molecule has 1 fully saturated rings. The zero-order valence-electron chi connectivity index (χ0n) is 9.12. The number of primary amides is 1. The van der Waals surface area contributed by atoms with Crippen LogP contribution in [-0.2, 0) is 4.79 Å². The third-order valence-corrected chi connectivity index (χ3v) is 2.87. The van der Waals surface area contributed by atoms with E-state index in [4.69, 9.17) is 5.73 Å². The second-order valence-corrected chi connectivity index (χ2v) is 4.11. The zero-order chi connectivity index (χ0) is 10.6. The molecule has 0 aromatic rings. The van der Waals surface area contributed by atoms with Crippen LogP contribution in [0.15, 0.2) is 11.6 Å². The van der Waals surface area contributed by atoms with Gasteiger partial charge in [0.05, 0.1) is 5.92 Å². The minimum Gasteiger partial charge on any atom is -0.369 e. The highest BCUT2D eigenvalue weighted by molar-refractivity contribution is 5.76. The summed E-state index contributed by atoms with van der Waals surface area (Å²) in [6.45, 7) is 7.06. The van der Waals surface area contributed by atoms with Gasteiger partial charge >= 0.3 is 0 Å². The van der Waals surface area contributed by atoms with E-state index in [9.17, 15) is 4.79 Å². The zero-order valence-corrected chi connectivity index (χ0v) is 9.12. The number of carbonyl (C=O) groups excluding carboxylic acids is 1. The van der Waals surface area contributed by atoms with Gasteiger partial charge in [0, 0.05) is 13.1 Å². The number of piperidine rings is 1. The fourth-order valence-electron chi connectivity index (χ4n) is 1.88. The maximum Gasteiger partial charge on any atom is 0.221 e. The molecule has 0 aliphatic carbocycles. The standard InChI is InChI=1S/C11H20N2O/c1-3-9(2)7-13-6-4-5-10(8-13)11(12)14/h3,10H,4-8H2,1-2H3,(H2,12,14)/b9-3+. The van der Waals surface area contributed by atoms with E-state index in [1.807, 2.05) is 6.92 Å². The van der Waals surface area contributed by atoms with Gasteiger partial charge in [-0.3, -0.25) is 9.69 Å². The average molecular weight is 196 g/mol. The van der Waals surface area contributed by atoms with Crippen molar-refractivity contribution in [3.05, 3.63) is 11.6 Å². The fraction of sp³-hybridized carbons (Fsp3) is 0.727. The van der Waals surface area contributed by atoms with E-state index in [1.54, 1.807) is 0 Å². The molecule has 1 saturated heterocycles. The van der Waals surface area contributed by atoms with Crippen LogP contribution < -0.4 is 5.73 Å². The number of amides is 1. The molecule has 1 aliphatic rings. The highest BCUT2D eigenvalue weighted by Gasteiger charge is 2.23. The Balaban J connectivity index is 2.44. The van der Waals surface area contributed by atoms with Gasteiger partial charge in [-0.05, 0) is 33.2 Å². The van der Waals surface area contributed by atoms with Crippen molar-refractivity contribution in [1.29, 1.82) is 0 Å². The third-order valence-electron chi connectivity index (χ3n) is 2.87. The molecule has 2 N–H and O–H groups in total. The third kappa shape index (κ3) is 3.14. The van der Waals surface area contributed by atoms with E-state index < -0.39 is 0 Å². The summed E-state index contributed by atoms with van der Waals surface area (Å²) in [7, 11) is 0. The molecule has 3 heteroatoms. The van der Waals surface area contributed by atoms with Gasteiger partial charge in [-0.25, -0.2) is 0 Å². The van der Waals surface area contributed by atoms with Crippen molar-refractivity contribution >= 4 is 5.91 Å². The average Bonchev–Trinajstić information content (AvgIpc) is 2.18. The second kappa shape index (κ2) is 5.15. The Morgan fingerprint density at radius 1 is 1.64 bits per heavy atom. The molecule has 0 spiro atoms. The molecule has 1 rings (SSSR count). The SMILES string of the molecule is C/C=C(\C)CN1CCCC(C(N)=O)C1. The lowest BCUT2D eigenvalue weighted by Gasteiger charge is -2.31. The van der Waals surface area contributed by atoms with E-state index >= 15 is 0 Å². The largest absolute Gasteiger partial charge is 0.369 e. The Morgan fingerprint density at radius 2 is 2.36 bits per heavy atom. The van der Waals surface area contributed by atoms with Gasteiger partial charge in [-0.15, -0.1) is 0 Å². The Labute approximate surface area is 86.0 Å². The molecule has 80 valence electrons. The Hall–Kier alpha value is -0.830. The van der Waals surface area contributed by atoms with E-state index in [1.165, 1.54) is 5.57 Å². The lowest BCUT2D eigenvalue weighted by atomic mass is 9.97. The van der Waals surface area contributed by atoms with Gasteiger partial charge in [-0.2, -0.15) is 0 Å². The van der Waals surface area contributed by atoms with Gasteiger partial charge in [0.15, 0.2) is 0 Å². The van der Waals surface area contributed by atoms with E-state index in [0.29, 0.717) is 0 Å². The first-order chi connectivity index (χ1) is 6.63. The smallest absolute Gasteiger partial charge is 0.221 e. The molecule has 14 heavy (non-hydrogen) atoms. The molecule has 1 atom stereocenters. The predicted octanol–water partition coefficient (Wildman–Crippen LogP) is 1.15. The predicted molar refractivity (Wildman–Crippen MR) is 57.8 cm³/mol. The molecule has 0 aromatic carbocycles. The van der Waals surface area contributed by atoms with Gasteiger partial charge in [0.2, 0.25) is 5.91 Å². The molecule has 1 unspecified atom stereocenters. The maximum atomic E-state index is 11.0. The number of nitrogens with two attached hydrogens (primary N) is 1. The van der Waals surface area contributed by atoms with Crippen LogP contribution in [0.4, 0.5) is 0 Å². The lowest BCUT2D eigenvalue weighted by Crippen LogP contribution is -2.41. The summed E-state index contributed by atoms with van der Waals surface area (Å²) in [6.07, 6.45) is 4.17. The number of rotatable bonds is 3. The van der Waals surface area contributed by atoms with E-state index in [-0.39, 0.29) is 11.8 Å². The molecule has 0 radical (unpaired) electrons. The first-order valence-corrected chi connectivity index (χ1v) is 5.27. The Kier molecular flexibility index (Phi) is 4.14. The summed E-state index contributed by atoms with van der Waals surface area (Å²) in [5.41, 5.74) is 6.67. The number of nitrogens with zero attached hydrogens (tertiary/aromatic N) is 1. The quantitative estimate of drug-likeness (QED) is 0.688. The molecule has 1 amide bonds. The summed E-state index contributed by atoms with van der Waals surface area (Å²) >= 11 is 0. The van der Waals surface area contributed by atoms with Crippen molar-refractivity contribution in [1.82, 2.24) is 4.90 Å². The van der Waals surface area contributed by atoms with Gasteiger partial charge in [-0.1, -0.05) is 11.6 Å². The van der Waals surface area contributed by atoms with Crippen molar-refractivity contribution in [3.8, 4) is 0 Å². The fourth-order valence-corrected chi connectivity index (χ4v) is 1.88. The number of hydrogen-bond acceptors (Lipinski definition) is 2. The van der Waals surface area contributed by atoms with Crippen LogP contribution in [0.25, 0.3) is 0 Å². The van der Waals surface area contributed by atoms with Crippen LogP contribution in [-0.4, -0.2) is 30.4 Å². The Bertz CT molecular complexity index is 235. The number of allylic oxidation sites excluding steroid dienone is 1. The lowest BCUT2D eigenvalue weighted by molar-refractivity contribution is -0.123. The van der Waals surface area contributed by atoms with Crippen molar-refractivity contribution in [3.63, 3.8) is 0 Å². The van der Waals surface area contributed by atoms with Gasteiger partial charge < -0.3 is 5.73 Å². The van der Waals surface area contributed by atoms with Crippen LogP contribution >= 0.6 is 0 Å². The normalized spacial score (nSPS) is 25.0. The minimum atomic E-state index is -0.146. The maximum absolute atomic E-state index is 11.0. The van der Waals surface area contributed by atoms with Crippen LogP contribution in [0.2, 0.25) is 0 Å². The summed E-state index contributed by atoms with van der Waals surface area (Å²) in [5.74, 6) is -0.0822. The van der Waals surface area contributed by atoms with Crippen LogP contribution in [0.3, 0.4) is 0 Å². The van der Waals surface area contributed by atoms with E-state index in [2.05, 4.69) is 17.9 Å².